The molecule has 4 rings (SSSR count). The minimum Gasteiger partial charge on any atom is -0.385 e. The third-order valence-corrected chi connectivity index (χ3v) is 5.70. The van der Waals surface area contributed by atoms with Gasteiger partial charge in [0.2, 0.25) is 0 Å². The zero-order valence-electron chi connectivity index (χ0n) is 14.6. The van der Waals surface area contributed by atoms with Gasteiger partial charge >= 0.3 is 0 Å². The molecule has 2 aromatic carbocycles. The number of halogens is 1. The standard InChI is InChI=1S/C20H24ClN3O/c1-22-8-10-23(11-9-22)13-16(25)14-24-19-5-3-2-4-17(19)18-12-15(21)6-7-20(18)24/h2-7,12,16,25H,8-11,13-14H2,1H3/p+2/t16-/m0/s1. The Balaban J connectivity index is 1.61. The number of likely N-dealkylation sites (N-methyl/N-ethyl adjacent to an activating group) is 1. The number of hydrogen-bond donors (Lipinski definition) is 3. The Bertz CT molecular complexity index is 883. The van der Waals surface area contributed by atoms with Crippen LogP contribution in [0.25, 0.3) is 21.8 Å². The Morgan fingerprint density at radius 1 is 1.04 bits per heavy atom. The highest BCUT2D eigenvalue weighted by molar-refractivity contribution is 6.31. The van der Waals surface area contributed by atoms with Crippen molar-refractivity contribution in [3.05, 3.63) is 47.5 Å². The quantitative estimate of drug-likeness (QED) is 0.612. The molecule has 1 aliphatic heterocycles. The molecule has 0 bridgehead atoms. The fraction of sp³-hybridized carbons (Fsp3) is 0.400. The number of aliphatic hydroxyl groups excluding tert-OH is 1. The molecular weight excluding hydrogens is 334 g/mol. The molecule has 0 spiro atoms. The van der Waals surface area contributed by atoms with E-state index in [4.69, 9.17) is 11.6 Å². The second-order valence-corrected chi connectivity index (χ2v) is 7.79. The second-order valence-electron chi connectivity index (χ2n) is 7.35. The molecule has 0 saturated carbocycles. The Morgan fingerprint density at radius 3 is 2.56 bits per heavy atom. The normalized spacial score (nSPS) is 22.5. The van der Waals surface area contributed by atoms with E-state index in [2.05, 4.69) is 41.9 Å². The van der Waals surface area contributed by atoms with Gasteiger partial charge in [0.15, 0.2) is 0 Å². The van der Waals surface area contributed by atoms with E-state index >= 15 is 0 Å². The van der Waals surface area contributed by atoms with Gasteiger partial charge in [0.25, 0.3) is 0 Å². The number of para-hydroxylation sites is 1. The maximum Gasteiger partial charge on any atom is 0.127 e. The van der Waals surface area contributed by atoms with Crippen LogP contribution in [-0.2, 0) is 6.54 Å². The number of aromatic nitrogens is 1. The minimum atomic E-state index is -0.344. The van der Waals surface area contributed by atoms with Crippen molar-refractivity contribution in [2.45, 2.75) is 12.6 Å². The van der Waals surface area contributed by atoms with Crippen LogP contribution in [0.2, 0.25) is 5.02 Å². The van der Waals surface area contributed by atoms with E-state index in [9.17, 15) is 5.11 Å². The van der Waals surface area contributed by atoms with E-state index in [1.54, 1.807) is 4.90 Å². The molecule has 0 aliphatic carbocycles. The van der Waals surface area contributed by atoms with Crippen molar-refractivity contribution in [3.8, 4) is 0 Å². The number of piperazine rings is 1. The van der Waals surface area contributed by atoms with Crippen LogP contribution in [0.1, 0.15) is 0 Å². The van der Waals surface area contributed by atoms with E-state index in [-0.39, 0.29) is 6.10 Å². The fourth-order valence-corrected chi connectivity index (χ4v) is 4.24. The maximum atomic E-state index is 10.7. The second kappa shape index (κ2) is 6.96. The predicted molar refractivity (Wildman–Crippen MR) is 103 cm³/mol. The molecule has 1 atom stereocenters. The molecular formula is C20H26ClN3O+2. The first-order chi connectivity index (χ1) is 12.1. The molecule has 1 aliphatic rings. The highest BCUT2D eigenvalue weighted by Crippen LogP contribution is 2.31. The summed E-state index contributed by atoms with van der Waals surface area (Å²) < 4.78 is 2.24. The van der Waals surface area contributed by atoms with Crippen LogP contribution < -0.4 is 9.80 Å². The number of aliphatic hydroxyl groups is 1. The van der Waals surface area contributed by atoms with Gasteiger partial charge in [-0.25, -0.2) is 0 Å². The number of fused-ring (bicyclic) bond motifs is 3. The number of rotatable bonds is 4. The van der Waals surface area contributed by atoms with E-state index in [0.29, 0.717) is 6.54 Å². The van der Waals surface area contributed by atoms with Crippen molar-refractivity contribution in [1.29, 1.82) is 0 Å². The van der Waals surface area contributed by atoms with Gasteiger partial charge in [-0.15, -0.1) is 0 Å². The molecule has 0 unspecified atom stereocenters. The van der Waals surface area contributed by atoms with E-state index in [1.807, 2.05) is 12.1 Å². The van der Waals surface area contributed by atoms with Crippen molar-refractivity contribution in [2.24, 2.45) is 0 Å². The fourth-order valence-electron chi connectivity index (χ4n) is 4.07. The minimum absolute atomic E-state index is 0.344. The highest BCUT2D eigenvalue weighted by Gasteiger charge is 2.23. The van der Waals surface area contributed by atoms with Gasteiger partial charge in [-0.3, -0.25) is 0 Å². The Hall–Kier alpha value is -1.59. The number of hydrogen-bond acceptors (Lipinski definition) is 1. The van der Waals surface area contributed by atoms with E-state index < -0.39 is 0 Å². The number of nitrogens with zero attached hydrogens (tertiary/aromatic N) is 1. The van der Waals surface area contributed by atoms with Crippen LogP contribution in [0.5, 0.6) is 0 Å². The van der Waals surface area contributed by atoms with Gasteiger partial charge in [-0.2, -0.15) is 0 Å². The smallest absolute Gasteiger partial charge is 0.127 e. The number of quaternary nitrogens is 2. The van der Waals surface area contributed by atoms with Gasteiger partial charge < -0.3 is 19.5 Å². The summed E-state index contributed by atoms with van der Waals surface area (Å²) in [6.45, 7) is 6.11. The first-order valence-electron chi connectivity index (χ1n) is 9.11. The summed E-state index contributed by atoms with van der Waals surface area (Å²) in [7, 11) is 2.25. The zero-order chi connectivity index (χ0) is 17.4. The van der Waals surface area contributed by atoms with Crippen molar-refractivity contribution in [2.75, 3.05) is 39.8 Å². The third-order valence-electron chi connectivity index (χ3n) is 5.46. The Morgan fingerprint density at radius 2 is 1.76 bits per heavy atom. The van der Waals surface area contributed by atoms with Crippen LogP contribution in [0, 0.1) is 0 Å². The van der Waals surface area contributed by atoms with Crippen molar-refractivity contribution in [3.63, 3.8) is 0 Å². The molecule has 25 heavy (non-hydrogen) atoms. The molecule has 0 radical (unpaired) electrons. The molecule has 3 aromatic rings. The largest absolute Gasteiger partial charge is 0.385 e. The molecule has 4 nitrogen and oxygen atoms in total. The molecule has 3 N–H and O–H groups in total. The van der Waals surface area contributed by atoms with Gasteiger partial charge in [-0.1, -0.05) is 29.8 Å². The first kappa shape index (κ1) is 16.9. The molecule has 1 aromatic heterocycles. The lowest BCUT2D eigenvalue weighted by atomic mass is 10.2. The lowest BCUT2D eigenvalue weighted by Crippen LogP contribution is -3.27. The zero-order valence-corrected chi connectivity index (χ0v) is 15.4. The summed E-state index contributed by atoms with van der Waals surface area (Å²) in [6, 6.07) is 14.4. The van der Waals surface area contributed by atoms with Crippen LogP contribution in [0.15, 0.2) is 42.5 Å². The summed E-state index contributed by atoms with van der Waals surface area (Å²) >= 11 is 6.21. The van der Waals surface area contributed by atoms with E-state index in [1.165, 1.54) is 23.4 Å². The van der Waals surface area contributed by atoms with Crippen LogP contribution in [-0.4, -0.2) is 55.5 Å². The maximum absolute atomic E-state index is 10.7. The lowest BCUT2D eigenvalue weighted by Gasteiger charge is -2.28. The van der Waals surface area contributed by atoms with Crippen molar-refractivity contribution < 1.29 is 14.9 Å². The summed E-state index contributed by atoms with van der Waals surface area (Å²) in [6.07, 6.45) is -0.344. The summed E-state index contributed by atoms with van der Waals surface area (Å²) in [5.41, 5.74) is 2.30. The Kier molecular flexibility index (Phi) is 4.69. The summed E-state index contributed by atoms with van der Waals surface area (Å²) in [5.74, 6) is 0. The molecule has 1 saturated heterocycles. The number of benzene rings is 2. The lowest BCUT2D eigenvalue weighted by molar-refractivity contribution is -1.00. The first-order valence-corrected chi connectivity index (χ1v) is 9.49. The molecule has 1 fully saturated rings. The van der Waals surface area contributed by atoms with Crippen LogP contribution in [0.4, 0.5) is 0 Å². The monoisotopic (exact) mass is 359 g/mol. The van der Waals surface area contributed by atoms with Crippen molar-refractivity contribution >= 4 is 33.4 Å². The molecule has 5 heteroatoms. The average Bonchev–Trinajstić information content (AvgIpc) is 2.91. The summed E-state index contributed by atoms with van der Waals surface area (Å²) in [4.78, 5) is 3.11. The Labute approximate surface area is 153 Å². The third kappa shape index (κ3) is 3.40. The average molecular weight is 360 g/mol. The van der Waals surface area contributed by atoms with Gasteiger partial charge in [0.1, 0.15) is 38.8 Å². The van der Waals surface area contributed by atoms with Crippen molar-refractivity contribution in [1.82, 2.24) is 4.57 Å². The molecule has 0 amide bonds. The molecule has 2 heterocycles. The molecule has 132 valence electrons. The highest BCUT2D eigenvalue weighted by atomic mass is 35.5. The van der Waals surface area contributed by atoms with Crippen LogP contribution in [0.3, 0.4) is 0 Å². The van der Waals surface area contributed by atoms with Gasteiger partial charge in [0.05, 0.1) is 13.6 Å². The summed E-state index contributed by atoms with van der Waals surface area (Å²) in [5, 5.41) is 13.8. The SMILES string of the molecule is C[NH+]1CC[NH+](C[C@H](O)Cn2c3ccccc3c3cc(Cl)ccc32)CC1. The topological polar surface area (TPSA) is 34.0 Å². The number of nitrogens with one attached hydrogen (secondary N) is 2. The predicted octanol–water partition coefficient (Wildman–Crippen LogP) is 0.222. The van der Waals surface area contributed by atoms with Crippen LogP contribution >= 0.6 is 11.6 Å². The van der Waals surface area contributed by atoms with Gasteiger partial charge in [0, 0.05) is 26.8 Å². The van der Waals surface area contributed by atoms with Gasteiger partial charge in [-0.05, 0) is 24.3 Å². The van der Waals surface area contributed by atoms with E-state index in [0.717, 1.165) is 41.1 Å².